The molecule has 0 bridgehead atoms. The fourth-order valence-corrected chi connectivity index (χ4v) is 3.93. The van der Waals surface area contributed by atoms with E-state index in [2.05, 4.69) is 5.32 Å². The molecule has 2 aliphatic rings. The smallest absolute Gasteiger partial charge is 0.543 e. The number of aromatic nitrogens is 1. The molecule has 2 heterocycles. The summed E-state index contributed by atoms with van der Waals surface area (Å²) in [5.74, 6) is -1.77. The fourth-order valence-electron chi connectivity index (χ4n) is 3.93. The van der Waals surface area contributed by atoms with Gasteiger partial charge in [0.15, 0.2) is 17.0 Å². The predicted molar refractivity (Wildman–Crippen MR) is 97.0 cm³/mol. The van der Waals surface area contributed by atoms with Crippen LogP contribution in [0.1, 0.15) is 36.3 Å². The number of piperazine rings is 1. The summed E-state index contributed by atoms with van der Waals surface area (Å²) in [6, 6.07) is 2.17. The number of nitrogens with zero attached hydrogens (tertiary/aromatic N) is 2. The van der Waals surface area contributed by atoms with Crippen LogP contribution in [0.4, 0.5) is 10.1 Å². The zero-order chi connectivity index (χ0) is 19.3. The molecule has 1 aromatic heterocycles. The number of carboxylic acids is 1. The Labute approximate surface area is 204 Å². The summed E-state index contributed by atoms with van der Waals surface area (Å²) in [5, 5.41) is 15.0. The number of benzene rings is 1. The van der Waals surface area contributed by atoms with Gasteiger partial charge in [0.2, 0.25) is 0 Å². The van der Waals surface area contributed by atoms with Crippen molar-refractivity contribution in [2.45, 2.75) is 31.8 Å². The Morgan fingerprint density at radius 1 is 1.36 bits per heavy atom. The molecule has 0 radical (unpaired) electrons. The number of pyridine rings is 1. The van der Waals surface area contributed by atoms with Crippen molar-refractivity contribution in [3.8, 4) is 5.75 Å². The first-order valence-corrected chi connectivity index (χ1v) is 9.08. The third-order valence-electron chi connectivity index (χ3n) is 5.33. The monoisotopic (exact) mass is 413 g/mol. The van der Waals surface area contributed by atoms with Crippen LogP contribution in [0.3, 0.4) is 0 Å². The van der Waals surface area contributed by atoms with Gasteiger partial charge < -0.3 is 29.4 Å². The number of aromatic carboxylic acids is 1. The van der Waals surface area contributed by atoms with E-state index in [9.17, 15) is 14.7 Å². The summed E-state index contributed by atoms with van der Waals surface area (Å²) in [7, 11) is 1.41. The minimum Gasteiger partial charge on any atom is -0.543 e. The minimum atomic E-state index is -1.43. The number of carbonyl (C=O) groups excluding carboxylic acids is 1. The van der Waals surface area contributed by atoms with Gasteiger partial charge in [0.05, 0.1) is 29.7 Å². The Morgan fingerprint density at radius 3 is 2.64 bits per heavy atom. The van der Waals surface area contributed by atoms with Crippen molar-refractivity contribution >= 4 is 22.6 Å². The maximum absolute atomic E-state index is 15.1. The Hall–Kier alpha value is -0.974. The first-order chi connectivity index (χ1) is 12.9. The number of hydrogen-bond acceptors (Lipinski definition) is 6. The Bertz CT molecular complexity index is 990. The molecule has 4 rings (SSSR count). The van der Waals surface area contributed by atoms with Crippen LogP contribution in [0.5, 0.6) is 5.75 Å². The van der Waals surface area contributed by atoms with Gasteiger partial charge in [0.25, 0.3) is 0 Å². The number of methoxy groups -OCH3 is 1. The molecule has 0 spiro atoms. The zero-order valence-corrected chi connectivity index (χ0v) is 19.4. The Balaban J connectivity index is 0.00000225. The van der Waals surface area contributed by atoms with E-state index in [1.165, 1.54) is 13.2 Å². The molecule has 1 aliphatic heterocycles. The predicted octanol–water partition coefficient (Wildman–Crippen LogP) is -2.35. The van der Waals surface area contributed by atoms with Gasteiger partial charge in [-0.2, -0.15) is 0 Å². The molecule has 1 N–H and O–H groups in total. The van der Waals surface area contributed by atoms with E-state index in [1.54, 1.807) is 4.57 Å². The van der Waals surface area contributed by atoms with Crippen molar-refractivity contribution in [3.05, 3.63) is 33.9 Å². The van der Waals surface area contributed by atoms with Crippen LogP contribution in [0.15, 0.2) is 16.9 Å². The van der Waals surface area contributed by atoms with Crippen LogP contribution in [0.2, 0.25) is 0 Å². The van der Waals surface area contributed by atoms with E-state index in [1.807, 2.05) is 11.8 Å². The van der Waals surface area contributed by atoms with Crippen LogP contribution in [0, 0.1) is 5.82 Å². The standard InChI is InChI=1S/C19H22FN3O4.K/c1-10-9-21-5-6-22(10)17-13(20)7-12-15(24)8-14(19(25)26)23(11-3-4-11)16(12)18(17)27-2;/h7-8,10-11,21H,3-6,9H2,1-2H3,(H,25,26);/q;+1/p-1. The number of halogens is 1. The second-order valence-corrected chi connectivity index (χ2v) is 7.17. The zero-order valence-electron chi connectivity index (χ0n) is 16.3. The van der Waals surface area contributed by atoms with Gasteiger partial charge in [-0.15, -0.1) is 0 Å². The van der Waals surface area contributed by atoms with Crippen molar-refractivity contribution in [2.24, 2.45) is 0 Å². The van der Waals surface area contributed by atoms with E-state index < -0.39 is 17.2 Å². The molecule has 144 valence electrons. The van der Waals surface area contributed by atoms with Crippen molar-refractivity contribution in [1.82, 2.24) is 9.88 Å². The number of fused-ring (bicyclic) bond motifs is 1. The first-order valence-electron chi connectivity index (χ1n) is 9.08. The van der Waals surface area contributed by atoms with Crippen LogP contribution in [-0.2, 0) is 0 Å². The van der Waals surface area contributed by atoms with Crippen molar-refractivity contribution < 1.29 is 70.4 Å². The Kier molecular flexibility index (Phi) is 6.53. The molecular formula is C19H21FKN3O4. The van der Waals surface area contributed by atoms with Gasteiger partial charge in [-0.3, -0.25) is 4.79 Å². The summed E-state index contributed by atoms with van der Waals surface area (Å²) in [5.41, 5.74) is -0.158. The SMILES string of the molecule is COc1c(N2CCNCC2C)c(F)cc2c(=O)cc(C(=O)[O-])n(C3CC3)c12.[K+]. The number of anilines is 1. The number of carbonyl (C=O) groups is 1. The molecule has 28 heavy (non-hydrogen) atoms. The maximum Gasteiger partial charge on any atom is 1.00 e. The molecule has 2 fully saturated rings. The first kappa shape index (κ1) is 21.7. The average Bonchev–Trinajstić information content (AvgIpc) is 3.46. The van der Waals surface area contributed by atoms with E-state index in [-0.39, 0.29) is 86.0 Å². The van der Waals surface area contributed by atoms with Gasteiger partial charge in [-0.1, -0.05) is 0 Å². The van der Waals surface area contributed by atoms with E-state index in [0.29, 0.717) is 25.2 Å². The summed E-state index contributed by atoms with van der Waals surface area (Å²) < 4.78 is 22.2. The molecule has 9 heteroatoms. The molecule has 1 aromatic carbocycles. The molecule has 1 atom stereocenters. The van der Waals surface area contributed by atoms with Gasteiger partial charge in [-0.05, 0) is 25.8 Å². The van der Waals surface area contributed by atoms with Gasteiger partial charge in [0.1, 0.15) is 5.69 Å². The average molecular weight is 413 g/mol. The quantitative estimate of drug-likeness (QED) is 0.565. The second kappa shape index (κ2) is 8.41. The van der Waals surface area contributed by atoms with Gasteiger partial charge >= 0.3 is 51.4 Å². The largest absolute Gasteiger partial charge is 1.00 e. The molecular weight excluding hydrogens is 392 g/mol. The van der Waals surface area contributed by atoms with Gasteiger partial charge in [-0.25, -0.2) is 4.39 Å². The summed E-state index contributed by atoms with van der Waals surface area (Å²) in [4.78, 5) is 26.1. The molecule has 1 saturated heterocycles. The van der Waals surface area contributed by atoms with Gasteiger partial charge in [0, 0.05) is 37.8 Å². The topological polar surface area (TPSA) is 86.6 Å². The van der Waals surface area contributed by atoms with E-state index in [0.717, 1.165) is 18.9 Å². The third kappa shape index (κ3) is 3.64. The van der Waals surface area contributed by atoms with Crippen LogP contribution < -0.4 is 76.9 Å². The number of ether oxygens (including phenoxy) is 1. The molecule has 1 unspecified atom stereocenters. The molecule has 7 nitrogen and oxygen atoms in total. The molecule has 1 aliphatic carbocycles. The number of hydrogen-bond donors (Lipinski definition) is 1. The number of rotatable bonds is 4. The summed E-state index contributed by atoms with van der Waals surface area (Å²) in [6.07, 6.45) is 1.58. The summed E-state index contributed by atoms with van der Waals surface area (Å²) >= 11 is 0. The fraction of sp³-hybridized carbons (Fsp3) is 0.474. The van der Waals surface area contributed by atoms with Crippen molar-refractivity contribution in [3.63, 3.8) is 0 Å². The molecule has 1 saturated carbocycles. The second-order valence-electron chi connectivity index (χ2n) is 7.17. The third-order valence-corrected chi connectivity index (χ3v) is 5.33. The minimum absolute atomic E-state index is 0. The van der Waals surface area contributed by atoms with Crippen LogP contribution >= 0.6 is 0 Å². The van der Waals surface area contributed by atoms with Crippen LogP contribution in [0.25, 0.3) is 10.9 Å². The summed E-state index contributed by atoms with van der Waals surface area (Å²) in [6.45, 7) is 3.93. The van der Waals surface area contributed by atoms with E-state index in [4.69, 9.17) is 4.74 Å². The molecule has 2 aromatic rings. The number of nitrogens with one attached hydrogen (secondary N) is 1. The molecule has 0 amide bonds. The van der Waals surface area contributed by atoms with Crippen molar-refractivity contribution in [1.29, 1.82) is 0 Å². The Morgan fingerprint density at radius 2 is 2.07 bits per heavy atom. The number of carboxylic acid groups (broad SMARTS) is 1. The normalized spacial score (nSPS) is 19.4. The maximum atomic E-state index is 15.1. The van der Waals surface area contributed by atoms with Crippen LogP contribution in [-0.4, -0.2) is 43.3 Å². The van der Waals surface area contributed by atoms with E-state index >= 15 is 4.39 Å². The van der Waals surface area contributed by atoms with Crippen molar-refractivity contribution in [2.75, 3.05) is 31.6 Å².